The van der Waals surface area contributed by atoms with Gasteiger partial charge in [-0.25, -0.2) is 8.78 Å². The number of benzene rings is 3. The Morgan fingerprint density at radius 1 is 0.800 bits per heavy atom. The first-order valence-electron chi connectivity index (χ1n) is 10.2. The Morgan fingerprint density at radius 3 is 1.90 bits per heavy atom. The normalized spacial score (nSPS) is 17.9. The second kappa shape index (κ2) is 9.25. The van der Waals surface area contributed by atoms with E-state index in [9.17, 15) is 8.78 Å². The summed E-state index contributed by atoms with van der Waals surface area (Å²) in [6.45, 7) is 5.34. The van der Waals surface area contributed by atoms with Crippen molar-refractivity contribution in [3.63, 3.8) is 0 Å². The van der Waals surface area contributed by atoms with Crippen LogP contribution in [0.25, 0.3) is 0 Å². The van der Waals surface area contributed by atoms with Crippen molar-refractivity contribution in [2.45, 2.75) is 32.6 Å². The molecule has 156 valence electrons. The van der Waals surface area contributed by atoms with Gasteiger partial charge in [-0.2, -0.15) is 0 Å². The highest BCUT2D eigenvalue weighted by Gasteiger charge is 2.32. The van der Waals surface area contributed by atoms with Gasteiger partial charge in [0.15, 0.2) is 0 Å². The Hall–Kier alpha value is -2.27. The molecule has 1 heterocycles. The number of hydrogen-bond acceptors (Lipinski definition) is 2. The molecule has 1 aliphatic rings. The maximum Gasteiger partial charge on any atom is 0.124 e. The summed E-state index contributed by atoms with van der Waals surface area (Å²) in [5.41, 5.74) is 4.39. The lowest BCUT2D eigenvalue weighted by atomic mass is 10.0. The zero-order chi connectivity index (χ0) is 21.1. The van der Waals surface area contributed by atoms with E-state index >= 15 is 0 Å². The van der Waals surface area contributed by atoms with Crippen molar-refractivity contribution < 1.29 is 8.78 Å². The van der Waals surface area contributed by atoms with Gasteiger partial charge in [-0.3, -0.25) is 9.80 Å². The van der Waals surface area contributed by atoms with E-state index in [0.717, 1.165) is 37.2 Å². The maximum absolute atomic E-state index is 13.7. The van der Waals surface area contributed by atoms with Crippen LogP contribution in [0.5, 0.6) is 0 Å². The van der Waals surface area contributed by atoms with Crippen LogP contribution in [0.4, 0.5) is 8.78 Å². The molecule has 0 amide bonds. The van der Waals surface area contributed by atoms with Crippen LogP contribution >= 0.6 is 11.6 Å². The molecule has 1 unspecified atom stereocenters. The highest BCUT2D eigenvalue weighted by molar-refractivity contribution is 6.31. The van der Waals surface area contributed by atoms with E-state index in [1.807, 2.05) is 12.1 Å². The predicted octanol–water partition coefficient (Wildman–Crippen LogP) is 6.33. The summed E-state index contributed by atoms with van der Waals surface area (Å²) in [6.07, 6.45) is 0.931. The first kappa shape index (κ1) is 21.0. The molecule has 4 rings (SSSR count). The average Bonchev–Trinajstić information content (AvgIpc) is 2.72. The molecule has 0 bridgehead atoms. The lowest BCUT2D eigenvalue weighted by molar-refractivity contribution is -0.00907. The summed E-state index contributed by atoms with van der Waals surface area (Å²) in [6, 6.07) is 19.8. The Balaban J connectivity index is 1.66. The highest BCUT2D eigenvalue weighted by Crippen LogP contribution is 2.36. The molecule has 3 aromatic rings. The van der Waals surface area contributed by atoms with Crippen molar-refractivity contribution in [3.05, 3.63) is 106 Å². The minimum atomic E-state index is -0.338. The van der Waals surface area contributed by atoms with Gasteiger partial charge in [0.1, 0.15) is 11.6 Å². The van der Waals surface area contributed by atoms with E-state index in [4.69, 9.17) is 11.6 Å². The fourth-order valence-corrected chi connectivity index (χ4v) is 4.40. The molecular weight excluding hydrogens is 402 g/mol. The summed E-state index contributed by atoms with van der Waals surface area (Å²) in [4.78, 5) is 4.72. The van der Waals surface area contributed by atoms with Gasteiger partial charge in [0.05, 0.1) is 6.17 Å². The third-order valence-corrected chi connectivity index (χ3v) is 5.96. The van der Waals surface area contributed by atoms with Crippen molar-refractivity contribution in [2.75, 3.05) is 13.1 Å². The van der Waals surface area contributed by atoms with E-state index in [2.05, 4.69) is 41.0 Å². The number of halogens is 3. The monoisotopic (exact) mass is 426 g/mol. The second-order valence-corrected chi connectivity index (χ2v) is 8.35. The number of hydrogen-bond donors (Lipinski definition) is 0. The lowest BCUT2D eigenvalue weighted by Gasteiger charge is -2.44. The van der Waals surface area contributed by atoms with Crippen molar-refractivity contribution in [3.8, 4) is 0 Å². The molecule has 0 aliphatic carbocycles. The number of nitrogens with zero attached hydrogens (tertiary/aromatic N) is 2. The van der Waals surface area contributed by atoms with Gasteiger partial charge >= 0.3 is 0 Å². The van der Waals surface area contributed by atoms with Gasteiger partial charge in [0.25, 0.3) is 0 Å². The van der Waals surface area contributed by atoms with Crippen LogP contribution in [0.15, 0.2) is 66.7 Å². The zero-order valence-corrected chi connectivity index (χ0v) is 17.7. The first-order valence-corrected chi connectivity index (χ1v) is 10.6. The predicted molar refractivity (Wildman–Crippen MR) is 117 cm³/mol. The summed E-state index contributed by atoms with van der Waals surface area (Å²) in [7, 11) is 0. The summed E-state index contributed by atoms with van der Waals surface area (Å²) >= 11 is 6.50. The molecule has 1 saturated heterocycles. The molecule has 0 radical (unpaired) electrons. The fourth-order valence-electron chi connectivity index (χ4n) is 4.14. The van der Waals surface area contributed by atoms with Crippen LogP contribution in [0.2, 0.25) is 5.02 Å². The Bertz CT molecular complexity index is 934. The van der Waals surface area contributed by atoms with Crippen molar-refractivity contribution in [1.82, 2.24) is 9.80 Å². The van der Waals surface area contributed by atoms with Gasteiger partial charge in [0, 0.05) is 36.8 Å². The lowest BCUT2D eigenvalue weighted by Crippen LogP contribution is -2.47. The molecule has 0 aromatic heterocycles. The Kier molecular flexibility index (Phi) is 6.47. The SMILES string of the molecule is Cc1ccc(CN2CCCN(Cc3ccc(F)cc3)C2c2ccc(F)cc2Cl)cc1. The van der Waals surface area contributed by atoms with Gasteiger partial charge in [0.2, 0.25) is 0 Å². The molecule has 5 heteroatoms. The molecule has 2 nitrogen and oxygen atoms in total. The van der Waals surface area contributed by atoms with E-state index in [1.54, 1.807) is 6.07 Å². The number of rotatable bonds is 5. The van der Waals surface area contributed by atoms with E-state index in [1.165, 1.54) is 35.4 Å². The van der Waals surface area contributed by atoms with Crippen LogP contribution in [-0.4, -0.2) is 22.9 Å². The third kappa shape index (κ3) is 4.89. The fraction of sp³-hybridized carbons (Fsp3) is 0.280. The van der Waals surface area contributed by atoms with Gasteiger partial charge < -0.3 is 0 Å². The average molecular weight is 427 g/mol. The standard InChI is InChI=1S/C25H25ClF2N2/c1-18-3-5-19(6-4-18)16-29-13-2-14-30(17-20-7-9-21(27)10-8-20)25(29)23-12-11-22(28)15-24(23)26/h3-12,15,25H,2,13-14,16-17H2,1H3. The molecule has 1 aliphatic heterocycles. The van der Waals surface area contributed by atoms with Crippen LogP contribution in [0.1, 0.15) is 34.8 Å². The molecule has 0 saturated carbocycles. The van der Waals surface area contributed by atoms with Crippen molar-refractivity contribution >= 4 is 11.6 Å². The summed E-state index contributed by atoms with van der Waals surface area (Å²) in [5, 5.41) is 0.430. The smallest absolute Gasteiger partial charge is 0.124 e. The summed E-state index contributed by atoms with van der Waals surface area (Å²) < 4.78 is 27.1. The topological polar surface area (TPSA) is 6.48 Å². The van der Waals surface area contributed by atoms with E-state index in [-0.39, 0.29) is 17.8 Å². The maximum atomic E-state index is 13.7. The van der Waals surface area contributed by atoms with Crippen LogP contribution in [-0.2, 0) is 13.1 Å². The molecule has 0 spiro atoms. The second-order valence-electron chi connectivity index (χ2n) is 7.95. The largest absolute Gasteiger partial charge is 0.280 e. The van der Waals surface area contributed by atoms with E-state index in [0.29, 0.717) is 11.6 Å². The van der Waals surface area contributed by atoms with Crippen molar-refractivity contribution in [2.24, 2.45) is 0 Å². The first-order chi connectivity index (χ1) is 14.5. The highest BCUT2D eigenvalue weighted by atomic mass is 35.5. The molecular formula is C25H25ClF2N2. The van der Waals surface area contributed by atoms with Crippen molar-refractivity contribution in [1.29, 1.82) is 0 Å². The van der Waals surface area contributed by atoms with Gasteiger partial charge in [-0.05, 0) is 48.7 Å². The van der Waals surface area contributed by atoms with Gasteiger partial charge in [-0.1, -0.05) is 59.6 Å². The Morgan fingerprint density at radius 2 is 1.33 bits per heavy atom. The van der Waals surface area contributed by atoms with Crippen LogP contribution in [0, 0.1) is 18.6 Å². The van der Waals surface area contributed by atoms with Gasteiger partial charge in [-0.15, -0.1) is 0 Å². The molecule has 1 atom stereocenters. The molecule has 3 aromatic carbocycles. The quantitative estimate of drug-likeness (QED) is 0.470. The summed E-state index contributed by atoms with van der Waals surface area (Å²) in [5.74, 6) is -0.578. The Labute approximate surface area is 181 Å². The van der Waals surface area contributed by atoms with Crippen LogP contribution < -0.4 is 0 Å². The van der Waals surface area contributed by atoms with Crippen LogP contribution in [0.3, 0.4) is 0 Å². The minimum absolute atomic E-state index is 0.0850. The minimum Gasteiger partial charge on any atom is -0.280 e. The molecule has 30 heavy (non-hydrogen) atoms. The third-order valence-electron chi connectivity index (χ3n) is 5.63. The molecule has 1 fully saturated rings. The molecule has 0 N–H and O–H groups in total. The number of aryl methyl sites for hydroxylation is 1. The zero-order valence-electron chi connectivity index (χ0n) is 17.0. The van der Waals surface area contributed by atoms with E-state index < -0.39 is 0 Å².